The van der Waals surface area contributed by atoms with Crippen LogP contribution in [0.1, 0.15) is 23.2 Å². The molecule has 0 saturated carbocycles. The number of rotatable bonds is 4. The molecule has 0 unspecified atom stereocenters. The summed E-state index contributed by atoms with van der Waals surface area (Å²) in [5.74, 6) is -1.16. The van der Waals surface area contributed by atoms with Gasteiger partial charge in [-0.05, 0) is 25.9 Å². The van der Waals surface area contributed by atoms with Gasteiger partial charge in [-0.25, -0.2) is 0 Å². The maximum absolute atomic E-state index is 12.4. The molecular weight excluding hydrogens is 294 g/mol. The molecule has 2 amide bonds. The van der Waals surface area contributed by atoms with E-state index in [0.717, 1.165) is 25.9 Å². The SMILES string of the molecule is O=C(CN1CCN(C2CCNCC2)C(=O)C1=O)c1ccccc1. The van der Waals surface area contributed by atoms with Crippen molar-refractivity contribution in [1.29, 1.82) is 0 Å². The van der Waals surface area contributed by atoms with Crippen LogP contribution in [-0.4, -0.2) is 66.2 Å². The fourth-order valence-corrected chi connectivity index (χ4v) is 3.20. The molecule has 2 fully saturated rings. The van der Waals surface area contributed by atoms with Gasteiger partial charge in [-0.1, -0.05) is 30.3 Å². The molecule has 2 aliphatic rings. The van der Waals surface area contributed by atoms with E-state index in [9.17, 15) is 14.4 Å². The molecule has 0 spiro atoms. The molecule has 0 atom stereocenters. The molecule has 3 rings (SSSR count). The van der Waals surface area contributed by atoms with Gasteiger partial charge < -0.3 is 15.1 Å². The Bertz CT molecular complexity index is 596. The normalized spacial score (nSPS) is 20.0. The number of Topliss-reactive ketones (excluding diaryl/α,β-unsaturated/α-hetero) is 1. The first-order chi connectivity index (χ1) is 11.2. The van der Waals surface area contributed by atoms with Crippen LogP contribution in [0.4, 0.5) is 0 Å². The molecule has 122 valence electrons. The number of hydrogen-bond acceptors (Lipinski definition) is 4. The summed E-state index contributed by atoms with van der Waals surface area (Å²) in [5, 5.41) is 3.25. The number of piperidine rings is 1. The third-order valence-corrected chi connectivity index (χ3v) is 4.52. The smallest absolute Gasteiger partial charge is 0.312 e. The second-order valence-corrected chi connectivity index (χ2v) is 6.00. The van der Waals surface area contributed by atoms with E-state index < -0.39 is 11.8 Å². The topological polar surface area (TPSA) is 69.7 Å². The van der Waals surface area contributed by atoms with Crippen LogP contribution in [0.5, 0.6) is 0 Å². The first kappa shape index (κ1) is 15.7. The van der Waals surface area contributed by atoms with Crippen molar-refractivity contribution < 1.29 is 14.4 Å². The van der Waals surface area contributed by atoms with Crippen LogP contribution in [0.3, 0.4) is 0 Å². The summed E-state index contributed by atoms with van der Waals surface area (Å²) in [7, 11) is 0. The number of nitrogens with zero attached hydrogens (tertiary/aromatic N) is 2. The Kier molecular flexibility index (Phi) is 4.71. The van der Waals surface area contributed by atoms with Crippen molar-refractivity contribution in [2.24, 2.45) is 0 Å². The highest BCUT2D eigenvalue weighted by Crippen LogP contribution is 2.16. The van der Waals surface area contributed by atoms with Gasteiger partial charge in [0.05, 0.1) is 6.54 Å². The molecule has 1 aromatic carbocycles. The van der Waals surface area contributed by atoms with Crippen molar-refractivity contribution in [1.82, 2.24) is 15.1 Å². The van der Waals surface area contributed by atoms with Crippen LogP contribution in [0.2, 0.25) is 0 Å². The van der Waals surface area contributed by atoms with Crippen molar-refractivity contribution in [3.8, 4) is 0 Å². The van der Waals surface area contributed by atoms with Gasteiger partial charge in [0.1, 0.15) is 0 Å². The molecule has 2 heterocycles. The van der Waals surface area contributed by atoms with Crippen LogP contribution < -0.4 is 5.32 Å². The highest BCUT2D eigenvalue weighted by molar-refractivity contribution is 6.35. The predicted octanol–water partition coefficient (Wildman–Crippen LogP) is 0.292. The summed E-state index contributed by atoms with van der Waals surface area (Å²) in [5.41, 5.74) is 0.563. The van der Waals surface area contributed by atoms with Gasteiger partial charge >= 0.3 is 11.8 Å². The van der Waals surface area contributed by atoms with Gasteiger partial charge in [0.25, 0.3) is 0 Å². The number of benzene rings is 1. The summed E-state index contributed by atoms with van der Waals surface area (Å²) in [6, 6.07) is 8.99. The number of hydrogen-bond donors (Lipinski definition) is 1. The summed E-state index contributed by atoms with van der Waals surface area (Å²) >= 11 is 0. The maximum Gasteiger partial charge on any atom is 0.312 e. The van der Waals surface area contributed by atoms with Crippen LogP contribution in [0.25, 0.3) is 0 Å². The van der Waals surface area contributed by atoms with Crippen LogP contribution in [0, 0.1) is 0 Å². The van der Waals surface area contributed by atoms with Gasteiger partial charge in [0, 0.05) is 24.7 Å². The quantitative estimate of drug-likeness (QED) is 0.640. The first-order valence-corrected chi connectivity index (χ1v) is 8.05. The van der Waals surface area contributed by atoms with Gasteiger partial charge in [-0.15, -0.1) is 0 Å². The van der Waals surface area contributed by atoms with Crippen molar-refractivity contribution in [3.05, 3.63) is 35.9 Å². The number of amides is 2. The summed E-state index contributed by atoms with van der Waals surface area (Å²) < 4.78 is 0. The Hall–Kier alpha value is -2.21. The van der Waals surface area contributed by atoms with Gasteiger partial charge in [0.15, 0.2) is 5.78 Å². The summed E-state index contributed by atoms with van der Waals surface area (Å²) in [4.78, 5) is 39.9. The lowest BCUT2D eigenvalue weighted by molar-refractivity contribution is -0.157. The van der Waals surface area contributed by atoms with E-state index in [4.69, 9.17) is 0 Å². The Morgan fingerprint density at radius 3 is 2.43 bits per heavy atom. The number of piperazine rings is 1. The van der Waals surface area contributed by atoms with E-state index in [1.165, 1.54) is 4.90 Å². The van der Waals surface area contributed by atoms with E-state index in [-0.39, 0.29) is 18.4 Å². The second kappa shape index (κ2) is 6.91. The number of carbonyl (C=O) groups excluding carboxylic acids is 3. The van der Waals surface area contributed by atoms with Crippen LogP contribution >= 0.6 is 0 Å². The lowest BCUT2D eigenvalue weighted by Crippen LogP contribution is -2.59. The summed E-state index contributed by atoms with van der Waals surface area (Å²) in [6.45, 7) is 2.65. The zero-order valence-corrected chi connectivity index (χ0v) is 13.0. The number of carbonyl (C=O) groups is 3. The number of nitrogens with one attached hydrogen (secondary N) is 1. The molecule has 1 aromatic rings. The monoisotopic (exact) mass is 315 g/mol. The van der Waals surface area contributed by atoms with E-state index in [0.29, 0.717) is 18.7 Å². The standard InChI is InChI=1S/C17H21N3O3/c21-15(13-4-2-1-3-5-13)12-19-10-11-20(17(23)16(19)22)14-6-8-18-9-7-14/h1-5,14,18H,6-12H2. The Labute approximate surface area is 135 Å². The first-order valence-electron chi connectivity index (χ1n) is 8.05. The largest absolute Gasteiger partial charge is 0.330 e. The van der Waals surface area contributed by atoms with E-state index in [1.54, 1.807) is 29.2 Å². The van der Waals surface area contributed by atoms with Gasteiger partial charge in [-0.2, -0.15) is 0 Å². The Morgan fingerprint density at radius 2 is 1.74 bits per heavy atom. The molecule has 0 radical (unpaired) electrons. The lowest BCUT2D eigenvalue weighted by Gasteiger charge is -2.39. The molecule has 6 nitrogen and oxygen atoms in total. The number of ketones is 1. The van der Waals surface area contributed by atoms with Gasteiger partial charge in [-0.3, -0.25) is 14.4 Å². The minimum absolute atomic E-state index is 0.0331. The molecule has 0 bridgehead atoms. The molecule has 6 heteroatoms. The molecule has 2 saturated heterocycles. The maximum atomic E-state index is 12.4. The molecule has 0 aromatic heterocycles. The van der Waals surface area contributed by atoms with E-state index in [1.807, 2.05) is 6.07 Å². The van der Waals surface area contributed by atoms with Crippen molar-refractivity contribution in [2.45, 2.75) is 18.9 Å². The molecule has 23 heavy (non-hydrogen) atoms. The molecular formula is C17H21N3O3. The third kappa shape index (κ3) is 3.42. The minimum atomic E-state index is -0.556. The zero-order valence-electron chi connectivity index (χ0n) is 13.0. The lowest BCUT2D eigenvalue weighted by atomic mass is 10.0. The van der Waals surface area contributed by atoms with E-state index in [2.05, 4.69) is 5.32 Å². The molecule has 1 N–H and O–H groups in total. The average Bonchev–Trinajstić information content (AvgIpc) is 2.60. The van der Waals surface area contributed by atoms with Crippen molar-refractivity contribution in [2.75, 3.05) is 32.7 Å². The molecule has 2 aliphatic heterocycles. The third-order valence-electron chi connectivity index (χ3n) is 4.52. The second-order valence-electron chi connectivity index (χ2n) is 6.00. The Morgan fingerprint density at radius 1 is 1.04 bits per heavy atom. The predicted molar refractivity (Wildman–Crippen MR) is 85.0 cm³/mol. The summed E-state index contributed by atoms with van der Waals surface area (Å²) in [6.07, 6.45) is 1.75. The van der Waals surface area contributed by atoms with E-state index >= 15 is 0 Å². The highest BCUT2D eigenvalue weighted by atomic mass is 16.2. The zero-order chi connectivity index (χ0) is 16.2. The minimum Gasteiger partial charge on any atom is -0.330 e. The highest BCUT2D eigenvalue weighted by Gasteiger charge is 2.37. The average molecular weight is 315 g/mol. The van der Waals surface area contributed by atoms with Crippen molar-refractivity contribution in [3.63, 3.8) is 0 Å². The van der Waals surface area contributed by atoms with Crippen molar-refractivity contribution >= 4 is 17.6 Å². The Balaban J connectivity index is 1.62. The fourth-order valence-electron chi connectivity index (χ4n) is 3.20. The van der Waals surface area contributed by atoms with Crippen LogP contribution in [0.15, 0.2) is 30.3 Å². The molecule has 0 aliphatic carbocycles. The van der Waals surface area contributed by atoms with Gasteiger partial charge in [0.2, 0.25) is 0 Å². The van der Waals surface area contributed by atoms with Crippen LogP contribution in [-0.2, 0) is 9.59 Å². The fraction of sp³-hybridized carbons (Fsp3) is 0.471.